The average Bonchev–Trinajstić information content (AvgIpc) is 3.33. The first-order valence-corrected chi connectivity index (χ1v) is 10.7. The number of aromatic nitrogens is 1. The van der Waals surface area contributed by atoms with Crippen LogP contribution >= 0.6 is 11.3 Å². The van der Waals surface area contributed by atoms with E-state index in [-0.39, 0.29) is 24.3 Å². The monoisotopic (exact) mass is 469 g/mol. The zero-order chi connectivity index (χ0) is 23.8. The van der Waals surface area contributed by atoms with Gasteiger partial charge in [0, 0.05) is 17.1 Å². The van der Waals surface area contributed by atoms with Gasteiger partial charge in [-0.3, -0.25) is 9.59 Å². The molecule has 1 aromatic carbocycles. The third-order valence-electron chi connectivity index (χ3n) is 5.57. The molecule has 0 spiro atoms. The highest BCUT2D eigenvalue weighted by molar-refractivity contribution is 7.09. The molecule has 32 heavy (non-hydrogen) atoms. The number of thiazole rings is 1. The number of primary amides is 1. The number of carboxylic acid groups (broad SMARTS) is 1. The number of amides is 2. The summed E-state index contributed by atoms with van der Waals surface area (Å²) >= 11 is 1.14. The Kier molecular flexibility index (Phi) is 6.32. The number of carbonyl (C=O) groups is 3. The van der Waals surface area contributed by atoms with Crippen LogP contribution in [0.15, 0.2) is 35.8 Å². The van der Waals surface area contributed by atoms with Crippen LogP contribution in [-0.2, 0) is 15.8 Å². The van der Waals surface area contributed by atoms with Gasteiger partial charge >= 0.3 is 12.1 Å². The van der Waals surface area contributed by atoms with E-state index in [1.165, 1.54) is 6.20 Å². The fourth-order valence-corrected chi connectivity index (χ4v) is 5.13. The maximum Gasteiger partial charge on any atom is 0.416 e. The van der Waals surface area contributed by atoms with Crippen molar-refractivity contribution in [2.24, 2.45) is 17.6 Å². The third-order valence-corrected chi connectivity index (χ3v) is 6.42. The minimum absolute atomic E-state index is 0.0281. The molecule has 0 radical (unpaired) electrons. The summed E-state index contributed by atoms with van der Waals surface area (Å²) in [4.78, 5) is 43.7. The average molecular weight is 469 g/mol. The van der Waals surface area contributed by atoms with E-state index in [4.69, 9.17) is 5.73 Å². The number of carbonyl (C=O) groups excluding carboxylic acids is 2. The number of nitrogens with two attached hydrogens (primary N) is 1. The van der Waals surface area contributed by atoms with Crippen LogP contribution in [0.4, 0.5) is 13.2 Å². The van der Waals surface area contributed by atoms with Gasteiger partial charge in [-0.2, -0.15) is 13.2 Å². The molecule has 0 bridgehead atoms. The van der Waals surface area contributed by atoms with Crippen LogP contribution in [0.2, 0.25) is 0 Å². The van der Waals surface area contributed by atoms with Gasteiger partial charge in [-0.05, 0) is 43.0 Å². The van der Waals surface area contributed by atoms with Crippen LogP contribution in [0.25, 0.3) is 0 Å². The third kappa shape index (κ3) is 4.21. The quantitative estimate of drug-likeness (QED) is 0.669. The lowest BCUT2D eigenvalue weighted by Gasteiger charge is -2.38. The second-order valence-electron chi connectivity index (χ2n) is 8.21. The Bertz CT molecular complexity index is 1010. The van der Waals surface area contributed by atoms with Crippen LogP contribution in [-0.4, -0.2) is 38.3 Å². The Morgan fingerprint density at radius 1 is 1.28 bits per heavy atom. The highest BCUT2D eigenvalue weighted by Crippen LogP contribution is 2.50. The molecule has 3 rings (SSSR count). The summed E-state index contributed by atoms with van der Waals surface area (Å²) < 4.78 is 38.9. The van der Waals surface area contributed by atoms with E-state index in [1.54, 1.807) is 19.2 Å². The summed E-state index contributed by atoms with van der Waals surface area (Å²) in [6.07, 6.45) is -3.31. The molecule has 3 atom stereocenters. The SMILES string of the molecule is CC(C)CC1(C(=O)O)CC(C(N)=O)C(c2nccs2)N1C(=O)c1ccc(C(F)(F)F)cc1. The number of halogens is 3. The summed E-state index contributed by atoms with van der Waals surface area (Å²) in [6, 6.07) is 2.49. The van der Waals surface area contributed by atoms with Crippen molar-refractivity contribution in [3.05, 3.63) is 52.0 Å². The number of hydrogen-bond acceptors (Lipinski definition) is 5. The summed E-state index contributed by atoms with van der Waals surface area (Å²) in [5, 5.41) is 12.2. The Balaban J connectivity index is 2.17. The standard InChI is InChI=1S/C21H22F3N3O4S/c1-11(2)9-20(19(30)31)10-14(16(25)28)15(17-26-7-8-32-17)27(20)18(29)12-3-5-13(6-4-12)21(22,23)24/h3-8,11,14-15H,9-10H2,1-2H3,(H2,25,28)(H,30,31). The molecular weight excluding hydrogens is 447 g/mol. The smallest absolute Gasteiger partial charge is 0.416 e. The molecular formula is C21H22F3N3O4S. The molecule has 3 unspecified atom stereocenters. The molecule has 2 amide bonds. The number of aliphatic carboxylic acids is 1. The predicted octanol–water partition coefficient (Wildman–Crippen LogP) is 3.72. The number of rotatable bonds is 6. The summed E-state index contributed by atoms with van der Waals surface area (Å²) in [5.41, 5.74) is 2.76. The Labute approximate surface area is 186 Å². The number of carboxylic acids is 1. The first kappa shape index (κ1) is 23.7. The van der Waals surface area contributed by atoms with Gasteiger partial charge in [0.2, 0.25) is 5.91 Å². The molecule has 0 aliphatic carbocycles. The van der Waals surface area contributed by atoms with Crippen LogP contribution < -0.4 is 5.73 Å². The van der Waals surface area contributed by atoms with E-state index >= 15 is 0 Å². The number of hydrogen-bond donors (Lipinski definition) is 2. The molecule has 7 nitrogen and oxygen atoms in total. The predicted molar refractivity (Wildman–Crippen MR) is 110 cm³/mol. The Hall–Kier alpha value is -2.95. The van der Waals surface area contributed by atoms with Gasteiger partial charge < -0.3 is 15.7 Å². The van der Waals surface area contributed by atoms with Gasteiger partial charge in [-0.1, -0.05) is 13.8 Å². The van der Waals surface area contributed by atoms with Crippen molar-refractivity contribution in [1.29, 1.82) is 0 Å². The van der Waals surface area contributed by atoms with Crippen molar-refractivity contribution in [2.75, 3.05) is 0 Å². The van der Waals surface area contributed by atoms with Crippen LogP contribution in [0, 0.1) is 11.8 Å². The maximum atomic E-state index is 13.6. The van der Waals surface area contributed by atoms with E-state index < -0.39 is 47.0 Å². The number of alkyl halides is 3. The van der Waals surface area contributed by atoms with Gasteiger partial charge in [-0.25, -0.2) is 9.78 Å². The lowest BCUT2D eigenvalue weighted by atomic mass is 9.83. The zero-order valence-electron chi connectivity index (χ0n) is 17.3. The van der Waals surface area contributed by atoms with Gasteiger partial charge in [0.1, 0.15) is 10.5 Å². The topological polar surface area (TPSA) is 114 Å². The normalized spacial score (nSPS) is 23.5. The first-order chi connectivity index (χ1) is 14.9. The molecule has 172 valence electrons. The summed E-state index contributed by atoms with van der Waals surface area (Å²) in [7, 11) is 0. The minimum Gasteiger partial charge on any atom is -0.479 e. The molecule has 1 fully saturated rings. The summed E-state index contributed by atoms with van der Waals surface area (Å²) in [6.45, 7) is 3.56. The van der Waals surface area contributed by atoms with Gasteiger partial charge in [-0.15, -0.1) is 11.3 Å². The second kappa shape index (κ2) is 8.53. The number of nitrogens with zero attached hydrogens (tertiary/aromatic N) is 2. The van der Waals surface area contributed by atoms with E-state index in [1.807, 2.05) is 0 Å². The molecule has 1 saturated heterocycles. The summed E-state index contributed by atoms with van der Waals surface area (Å²) in [5.74, 6) is -4.07. The van der Waals surface area contributed by atoms with Gasteiger partial charge in [0.25, 0.3) is 5.91 Å². The largest absolute Gasteiger partial charge is 0.479 e. The molecule has 2 heterocycles. The van der Waals surface area contributed by atoms with Crippen molar-refractivity contribution in [3.8, 4) is 0 Å². The number of likely N-dealkylation sites (tertiary alicyclic amines) is 1. The lowest BCUT2D eigenvalue weighted by Crippen LogP contribution is -2.54. The van der Waals surface area contributed by atoms with Gasteiger partial charge in [0.15, 0.2) is 0 Å². The van der Waals surface area contributed by atoms with Crippen molar-refractivity contribution in [2.45, 2.75) is 44.4 Å². The van der Waals surface area contributed by atoms with E-state index in [9.17, 15) is 32.7 Å². The molecule has 11 heteroatoms. The van der Waals surface area contributed by atoms with Crippen molar-refractivity contribution in [1.82, 2.24) is 9.88 Å². The van der Waals surface area contributed by atoms with Crippen molar-refractivity contribution in [3.63, 3.8) is 0 Å². The molecule has 2 aromatic rings. The van der Waals surface area contributed by atoms with Crippen molar-refractivity contribution < 1.29 is 32.7 Å². The Morgan fingerprint density at radius 2 is 1.91 bits per heavy atom. The fourth-order valence-electron chi connectivity index (χ4n) is 4.34. The molecule has 1 aromatic heterocycles. The number of benzene rings is 1. The van der Waals surface area contributed by atoms with Gasteiger partial charge in [0.05, 0.1) is 17.5 Å². The molecule has 0 saturated carbocycles. The van der Waals surface area contributed by atoms with E-state index in [0.29, 0.717) is 5.01 Å². The molecule has 3 N–H and O–H groups in total. The highest BCUT2D eigenvalue weighted by Gasteiger charge is 2.61. The molecule has 1 aliphatic rings. The Morgan fingerprint density at radius 3 is 2.34 bits per heavy atom. The van der Waals surface area contributed by atoms with Crippen molar-refractivity contribution >= 4 is 29.1 Å². The van der Waals surface area contributed by atoms with Crippen LogP contribution in [0.5, 0.6) is 0 Å². The second-order valence-corrected chi connectivity index (χ2v) is 9.14. The van der Waals surface area contributed by atoms with Crippen LogP contribution in [0.1, 0.15) is 53.7 Å². The first-order valence-electron chi connectivity index (χ1n) is 9.81. The van der Waals surface area contributed by atoms with E-state index in [0.717, 1.165) is 40.5 Å². The molecule has 1 aliphatic heterocycles. The zero-order valence-corrected chi connectivity index (χ0v) is 18.1. The fraction of sp³-hybridized carbons (Fsp3) is 0.429. The minimum atomic E-state index is -4.59. The highest BCUT2D eigenvalue weighted by atomic mass is 32.1. The maximum absolute atomic E-state index is 13.6. The van der Waals surface area contributed by atoms with E-state index in [2.05, 4.69) is 4.98 Å². The van der Waals surface area contributed by atoms with Crippen LogP contribution in [0.3, 0.4) is 0 Å². The lowest BCUT2D eigenvalue weighted by molar-refractivity contribution is -0.150.